The lowest BCUT2D eigenvalue weighted by Crippen LogP contribution is -2.15. The van der Waals surface area contributed by atoms with Gasteiger partial charge in [-0.15, -0.1) is 0 Å². The lowest BCUT2D eigenvalue weighted by Gasteiger charge is -2.10. The first kappa shape index (κ1) is 11.5. The number of aryl methyl sites for hydroxylation is 1. The Balaban J connectivity index is 2.36. The average Bonchev–Trinajstić information content (AvgIpc) is 2.16. The predicted octanol–water partition coefficient (Wildman–Crippen LogP) is 1.91. The number of aromatic nitrogens is 1. The fraction of sp³-hybridized carbons (Fsp3) is 0.455. The summed E-state index contributed by atoms with van der Waals surface area (Å²) in [6.07, 6.45) is 1.96. The number of pyridine rings is 1. The SMILES string of the molecule is Cc1ccc(NCC(C)CC(=O)O)nc1. The van der Waals surface area contributed by atoms with E-state index in [4.69, 9.17) is 5.11 Å². The van der Waals surface area contributed by atoms with Gasteiger partial charge in [-0.25, -0.2) is 4.98 Å². The van der Waals surface area contributed by atoms with Crippen molar-refractivity contribution in [2.24, 2.45) is 5.92 Å². The van der Waals surface area contributed by atoms with Crippen LogP contribution in [0.4, 0.5) is 5.82 Å². The van der Waals surface area contributed by atoms with E-state index in [2.05, 4.69) is 10.3 Å². The monoisotopic (exact) mass is 208 g/mol. The van der Waals surface area contributed by atoms with E-state index < -0.39 is 5.97 Å². The number of nitrogens with zero attached hydrogens (tertiary/aromatic N) is 1. The van der Waals surface area contributed by atoms with Crippen LogP contribution in [0.5, 0.6) is 0 Å². The fourth-order valence-corrected chi connectivity index (χ4v) is 1.22. The van der Waals surface area contributed by atoms with Crippen molar-refractivity contribution in [3.05, 3.63) is 23.9 Å². The Morgan fingerprint density at radius 2 is 2.33 bits per heavy atom. The number of nitrogens with one attached hydrogen (secondary N) is 1. The van der Waals surface area contributed by atoms with E-state index >= 15 is 0 Å². The standard InChI is InChI=1S/C11H16N2O2/c1-8-3-4-10(12-6-8)13-7-9(2)5-11(14)15/h3-4,6,9H,5,7H2,1-2H3,(H,12,13)(H,14,15). The molecule has 0 amide bonds. The lowest BCUT2D eigenvalue weighted by molar-refractivity contribution is -0.137. The van der Waals surface area contributed by atoms with Crippen molar-refractivity contribution in [2.75, 3.05) is 11.9 Å². The first-order valence-electron chi connectivity index (χ1n) is 4.96. The summed E-state index contributed by atoms with van der Waals surface area (Å²) in [4.78, 5) is 14.6. The third-order valence-corrected chi connectivity index (χ3v) is 2.07. The second kappa shape index (κ2) is 5.34. The molecule has 4 nitrogen and oxygen atoms in total. The minimum Gasteiger partial charge on any atom is -0.481 e. The molecule has 1 heterocycles. The van der Waals surface area contributed by atoms with E-state index in [9.17, 15) is 4.79 Å². The molecule has 0 bridgehead atoms. The van der Waals surface area contributed by atoms with Crippen molar-refractivity contribution in [3.63, 3.8) is 0 Å². The van der Waals surface area contributed by atoms with E-state index in [1.54, 1.807) is 6.20 Å². The number of anilines is 1. The van der Waals surface area contributed by atoms with Crippen molar-refractivity contribution in [2.45, 2.75) is 20.3 Å². The van der Waals surface area contributed by atoms with E-state index in [1.807, 2.05) is 26.0 Å². The normalized spacial score (nSPS) is 12.1. The number of hydrogen-bond acceptors (Lipinski definition) is 3. The van der Waals surface area contributed by atoms with E-state index in [1.165, 1.54) is 0 Å². The Bertz CT molecular complexity index is 322. The zero-order chi connectivity index (χ0) is 11.3. The fourth-order valence-electron chi connectivity index (χ4n) is 1.22. The van der Waals surface area contributed by atoms with Gasteiger partial charge in [-0.2, -0.15) is 0 Å². The van der Waals surface area contributed by atoms with Gasteiger partial charge in [0, 0.05) is 19.2 Å². The molecule has 2 N–H and O–H groups in total. The summed E-state index contributed by atoms with van der Waals surface area (Å²) >= 11 is 0. The second-order valence-electron chi connectivity index (χ2n) is 3.80. The van der Waals surface area contributed by atoms with Crippen LogP contribution in [0.25, 0.3) is 0 Å². The summed E-state index contributed by atoms with van der Waals surface area (Å²) in [7, 11) is 0. The van der Waals surface area contributed by atoms with Crippen molar-refractivity contribution in [3.8, 4) is 0 Å². The smallest absolute Gasteiger partial charge is 0.303 e. The zero-order valence-corrected chi connectivity index (χ0v) is 9.03. The number of carbonyl (C=O) groups is 1. The van der Waals surface area contributed by atoms with Crippen LogP contribution in [0.15, 0.2) is 18.3 Å². The largest absolute Gasteiger partial charge is 0.481 e. The summed E-state index contributed by atoms with van der Waals surface area (Å²) in [5.74, 6) is 0.129. The maximum Gasteiger partial charge on any atom is 0.303 e. The predicted molar refractivity (Wildman–Crippen MR) is 58.9 cm³/mol. The summed E-state index contributed by atoms with van der Waals surface area (Å²) < 4.78 is 0. The highest BCUT2D eigenvalue weighted by atomic mass is 16.4. The second-order valence-corrected chi connectivity index (χ2v) is 3.80. The molecule has 82 valence electrons. The molecule has 15 heavy (non-hydrogen) atoms. The van der Waals surface area contributed by atoms with Crippen LogP contribution in [0.1, 0.15) is 18.9 Å². The quantitative estimate of drug-likeness (QED) is 0.776. The Hall–Kier alpha value is -1.58. The molecule has 0 saturated carbocycles. The molecule has 0 aliphatic rings. The average molecular weight is 208 g/mol. The molecule has 1 aromatic rings. The van der Waals surface area contributed by atoms with Crippen LogP contribution in [0.3, 0.4) is 0 Å². The maximum atomic E-state index is 10.4. The minimum absolute atomic E-state index is 0.102. The number of carboxylic acids is 1. The molecular weight excluding hydrogens is 192 g/mol. The molecule has 0 fully saturated rings. The molecule has 0 aliphatic carbocycles. The van der Waals surface area contributed by atoms with Gasteiger partial charge >= 0.3 is 5.97 Å². The molecule has 1 aromatic heterocycles. The molecule has 0 radical (unpaired) electrons. The number of carboxylic acid groups (broad SMARTS) is 1. The van der Waals surface area contributed by atoms with Crippen LogP contribution in [-0.4, -0.2) is 22.6 Å². The van der Waals surface area contributed by atoms with Gasteiger partial charge in [0.1, 0.15) is 5.82 Å². The number of hydrogen-bond donors (Lipinski definition) is 2. The van der Waals surface area contributed by atoms with Gasteiger partial charge in [0.25, 0.3) is 0 Å². The molecule has 0 aromatic carbocycles. The Kier molecular flexibility index (Phi) is 4.09. The Morgan fingerprint density at radius 1 is 1.60 bits per heavy atom. The van der Waals surface area contributed by atoms with Crippen LogP contribution in [-0.2, 0) is 4.79 Å². The highest BCUT2D eigenvalue weighted by Gasteiger charge is 2.06. The summed E-state index contributed by atoms with van der Waals surface area (Å²) in [6, 6.07) is 3.86. The van der Waals surface area contributed by atoms with Crippen LogP contribution >= 0.6 is 0 Å². The molecule has 1 atom stereocenters. The third-order valence-electron chi connectivity index (χ3n) is 2.07. The maximum absolute atomic E-state index is 10.4. The van der Waals surface area contributed by atoms with E-state index in [0.29, 0.717) is 6.54 Å². The van der Waals surface area contributed by atoms with E-state index in [-0.39, 0.29) is 12.3 Å². The van der Waals surface area contributed by atoms with Gasteiger partial charge in [0.15, 0.2) is 0 Å². The highest BCUT2D eigenvalue weighted by Crippen LogP contribution is 2.07. The van der Waals surface area contributed by atoms with Crippen molar-refractivity contribution < 1.29 is 9.90 Å². The summed E-state index contributed by atoms with van der Waals surface area (Å²) in [5.41, 5.74) is 1.11. The third kappa shape index (κ3) is 4.44. The van der Waals surface area contributed by atoms with Gasteiger partial charge < -0.3 is 10.4 Å². The summed E-state index contributed by atoms with van der Waals surface area (Å²) in [5, 5.41) is 11.7. The minimum atomic E-state index is -0.763. The molecule has 0 spiro atoms. The first-order valence-corrected chi connectivity index (χ1v) is 4.96. The van der Waals surface area contributed by atoms with Crippen molar-refractivity contribution in [1.82, 2.24) is 4.98 Å². The van der Waals surface area contributed by atoms with Gasteiger partial charge in [-0.3, -0.25) is 4.79 Å². The van der Waals surface area contributed by atoms with E-state index in [0.717, 1.165) is 11.4 Å². The molecule has 1 unspecified atom stereocenters. The van der Waals surface area contributed by atoms with Gasteiger partial charge in [0.2, 0.25) is 0 Å². The van der Waals surface area contributed by atoms with Crippen LogP contribution < -0.4 is 5.32 Å². The van der Waals surface area contributed by atoms with Gasteiger partial charge in [0.05, 0.1) is 0 Å². The topological polar surface area (TPSA) is 62.2 Å². The Labute approximate surface area is 89.3 Å². The number of aliphatic carboxylic acids is 1. The van der Waals surface area contributed by atoms with Gasteiger partial charge in [-0.05, 0) is 24.5 Å². The van der Waals surface area contributed by atoms with Crippen molar-refractivity contribution in [1.29, 1.82) is 0 Å². The highest BCUT2D eigenvalue weighted by molar-refractivity contribution is 5.67. The Morgan fingerprint density at radius 3 is 2.87 bits per heavy atom. The molecule has 0 aliphatic heterocycles. The zero-order valence-electron chi connectivity index (χ0n) is 9.03. The first-order chi connectivity index (χ1) is 7.08. The molecule has 0 saturated heterocycles. The molecule has 1 rings (SSSR count). The molecular formula is C11H16N2O2. The number of rotatable bonds is 5. The molecule has 4 heteroatoms. The summed E-state index contributed by atoms with van der Waals surface area (Å²) in [6.45, 7) is 4.50. The van der Waals surface area contributed by atoms with Gasteiger partial charge in [-0.1, -0.05) is 13.0 Å². The van der Waals surface area contributed by atoms with Crippen LogP contribution in [0.2, 0.25) is 0 Å². The van der Waals surface area contributed by atoms with Crippen molar-refractivity contribution >= 4 is 11.8 Å². The van der Waals surface area contributed by atoms with Crippen LogP contribution in [0, 0.1) is 12.8 Å². The lowest BCUT2D eigenvalue weighted by atomic mass is 10.1.